The smallest absolute Gasteiger partial charge is 0.0514 e. The molecule has 0 aromatic rings. The van der Waals surface area contributed by atoms with E-state index in [1.807, 2.05) is 0 Å². The van der Waals surface area contributed by atoms with Crippen LogP contribution < -0.4 is 0 Å². The lowest BCUT2D eigenvalue weighted by Crippen LogP contribution is -2.45. The highest BCUT2D eigenvalue weighted by Crippen LogP contribution is 2.30. The van der Waals surface area contributed by atoms with Crippen LogP contribution in [0.2, 0.25) is 0 Å². The van der Waals surface area contributed by atoms with Gasteiger partial charge in [0.05, 0.1) is 6.67 Å². The maximum absolute atomic E-state index is 2.81. The number of hydrogen-bond donors (Lipinski definition) is 0. The van der Waals surface area contributed by atoms with Crippen LogP contribution in [0, 0.1) is 0 Å². The van der Waals surface area contributed by atoms with Gasteiger partial charge in [-0.05, 0) is 51.5 Å². The molecule has 0 N–H and O–H groups in total. The fourth-order valence-electron chi connectivity index (χ4n) is 3.88. The Morgan fingerprint density at radius 3 is 1.94 bits per heavy atom. The van der Waals surface area contributed by atoms with E-state index in [1.54, 1.807) is 0 Å². The molecule has 0 radical (unpaired) electrons. The predicted octanol–water partition coefficient (Wildman–Crippen LogP) is 3.47. The van der Waals surface area contributed by atoms with Gasteiger partial charge in [-0.1, -0.05) is 20.8 Å². The molecule has 0 spiro atoms. The van der Waals surface area contributed by atoms with Crippen molar-refractivity contribution in [3.8, 4) is 0 Å². The summed E-state index contributed by atoms with van der Waals surface area (Å²) in [5.74, 6) is 0. The van der Waals surface area contributed by atoms with E-state index in [0.29, 0.717) is 0 Å². The van der Waals surface area contributed by atoms with Crippen molar-refractivity contribution in [1.29, 1.82) is 0 Å². The first-order chi connectivity index (χ1) is 8.30. The molecule has 2 rings (SSSR count). The molecule has 100 valence electrons. The van der Waals surface area contributed by atoms with Crippen LogP contribution in [0.5, 0.6) is 0 Å². The number of likely N-dealkylation sites (tertiary alicyclic amines) is 2. The Morgan fingerprint density at radius 2 is 1.41 bits per heavy atom. The third kappa shape index (κ3) is 2.85. The van der Waals surface area contributed by atoms with E-state index in [-0.39, 0.29) is 0 Å². The highest BCUT2D eigenvalue weighted by atomic mass is 15.4. The molecule has 0 saturated carbocycles. The van der Waals surface area contributed by atoms with Crippen molar-refractivity contribution in [2.24, 2.45) is 0 Å². The largest absolute Gasteiger partial charge is 0.288 e. The molecule has 2 saturated heterocycles. The molecular formula is C15H30N2. The van der Waals surface area contributed by atoms with Crippen molar-refractivity contribution in [2.45, 2.75) is 83.8 Å². The summed E-state index contributed by atoms with van der Waals surface area (Å²) in [5, 5.41) is 0. The van der Waals surface area contributed by atoms with Crippen LogP contribution >= 0.6 is 0 Å². The first-order valence-electron chi connectivity index (χ1n) is 7.79. The van der Waals surface area contributed by atoms with Crippen molar-refractivity contribution in [3.63, 3.8) is 0 Å². The molecule has 2 unspecified atom stereocenters. The standard InChI is InChI=1S/C15H30N2/c1-4-13-8-7-11-16(13)12-17-14(5-2)9-10-15(17)6-3/h13-15H,4-12H2,1-3H3/t13?,14-,15?/m0/s1. The Hall–Kier alpha value is -0.0800. The van der Waals surface area contributed by atoms with Gasteiger partial charge in [0, 0.05) is 18.1 Å². The van der Waals surface area contributed by atoms with E-state index >= 15 is 0 Å². The lowest BCUT2D eigenvalue weighted by molar-refractivity contribution is 0.0756. The topological polar surface area (TPSA) is 6.48 Å². The van der Waals surface area contributed by atoms with Crippen molar-refractivity contribution in [3.05, 3.63) is 0 Å². The van der Waals surface area contributed by atoms with E-state index in [4.69, 9.17) is 0 Å². The summed E-state index contributed by atoms with van der Waals surface area (Å²) in [6, 6.07) is 2.58. The highest BCUT2D eigenvalue weighted by molar-refractivity contribution is 4.88. The third-order valence-corrected chi connectivity index (χ3v) is 5.03. The Labute approximate surface area is 107 Å². The average Bonchev–Trinajstić information content (AvgIpc) is 2.95. The Kier molecular flexibility index (Phi) is 4.87. The molecule has 0 amide bonds. The molecular weight excluding hydrogens is 208 g/mol. The molecule has 2 aliphatic heterocycles. The first-order valence-corrected chi connectivity index (χ1v) is 7.79. The predicted molar refractivity (Wildman–Crippen MR) is 74.1 cm³/mol. The SMILES string of the molecule is CCC1CCCN1CN1C(CC)CC[C@@H]1CC. The molecule has 2 heteroatoms. The molecule has 17 heavy (non-hydrogen) atoms. The van der Waals surface area contributed by atoms with E-state index < -0.39 is 0 Å². The lowest BCUT2D eigenvalue weighted by atomic mass is 10.1. The number of rotatable bonds is 5. The minimum Gasteiger partial charge on any atom is -0.288 e. The third-order valence-electron chi connectivity index (χ3n) is 5.03. The molecule has 0 aliphatic carbocycles. The van der Waals surface area contributed by atoms with Gasteiger partial charge < -0.3 is 0 Å². The van der Waals surface area contributed by atoms with Gasteiger partial charge in [0.2, 0.25) is 0 Å². The molecule has 2 heterocycles. The van der Waals surface area contributed by atoms with E-state index in [2.05, 4.69) is 30.6 Å². The van der Waals surface area contributed by atoms with Crippen molar-refractivity contribution in [2.75, 3.05) is 13.2 Å². The van der Waals surface area contributed by atoms with Gasteiger partial charge in [0.1, 0.15) is 0 Å². The van der Waals surface area contributed by atoms with Crippen LogP contribution in [0.4, 0.5) is 0 Å². The highest BCUT2D eigenvalue weighted by Gasteiger charge is 2.34. The van der Waals surface area contributed by atoms with E-state index in [9.17, 15) is 0 Å². The minimum absolute atomic E-state index is 0.859. The van der Waals surface area contributed by atoms with Crippen LogP contribution in [0.3, 0.4) is 0 Å². The fourth-order valence-corrected chi connectivity index (χ4v) is 3.88. The molecule has 0 aromatic heterocycles. The van der Waals surface area contributed by atoms with E-state index in [0.717, 1.165) is 18.1 Å². The number of hydrogen-bond acceptors (Lipinski definition) is 2. The van der Waals surface area contributed by atoms with Gasteiger partial charge in [-0.25, -0.2) is 0 Å². The van der Waals surface area contributed by atoms with Crippen LogP contribution in [0.15, 0.2) is 0 Å². The second kappa shape index (κ2) is 6.19. The minimum atomic E-state index is 0.859. The average molecular weight is 238 g/mol. The zero-order valence-electron chi connectivity index (χ0n) is 12.0. The molecule has 2 fully saturated rings. The second-order valence-corrected chi connectivity index (χ2v) is 5.87. The molecule has 0 aromatic carbocycles. The monoisotopic (exact) mass is 238 g/mol. The Balaban J connectivity index is 1.94. The van der Waals surface area contributed by atoms with Crippen LogP contribution in [-0.2, 0) is 0 Å². The first kappa shape index (κ1) is 13.4. The summed E-state index contributed by atoms with van der Waals surface area (Å²) in [6.45, 7) is 9.65. The molecule has 2 aliphatic rings. The maximum Gasteiger partial charge on any atom is 0.0514 e. The Bertz CT molecular complexity index is 217. The van der Waals surface area contributed by atoms with Gasteiger partial charge >= 0.3 is 0 Å². The zero-order valence-corrected chi connectivity index (χ0v) is 12.0. The summed E-state index contributed by atoms with van der Waals surface area (Å²) in [6.07, 6.45) is 9.71. The van der Waals surface area contributed by atoms with Crippen molar-refractivity contribution >= 4 is 0 Å². The second-order valence-electron chi connectivity index (χ2n) is 5.87. The summed E-state index contributed by atoms with van der Waals surface area (Å²) in [5.41, 5.74) is 0. The summed E-state index contributed by atoms with van der Waals surface area (Å²) < 4.78 is 0. The summed E-state index contributed by atoms with van der Waals surface area (Å²) >= 11 is 0. The molecule has 3 atom stereocenters. The van der Waals surface area contributed by atoms with Gasteiger partial charge in [-0.3, -0.25) is 9.80 Å². The maximum atomic E-state index is 2.81. The van der Waals surface area contributed by atoms with Crippen molar-refractivity contribution < 1.29 is 0 Å². The van der Waals surface area contributed by atoms with Gasteiger partial charge in [0.25, 0.3) is 0 Å². The molecule has 2 nitrogen and oxygen atoms in total. The molecule has 0 bridgehead atoms. The van der Waals surface area contributed by atoms with Gasteiger partial charge in [-0.15, -0.1) is 0 Å². The van der Waals surface area contributed by atoms with Crippen LogP contribution in [0.25, 0.3) is 0 Å². The Morgan fingerprint density at radius 1 is 0.824 bits per heavy atom. The summed E-state index contributed by atoms with van der Waals surface area (Å²) in [4.78, 5) is 5.56. The van der Waals surface area contributed by atoms with Crippen LogP contribution in [-0.4, -0.2) is 41.1 Å². The van der Waals surface area contributed by atoms with Gasteiger partial charge in [0.15, 0.2) is 0 Å². The zero-order chi connectivity index (χ0) is 12.3. The summed E-state index contributed by atoms with van der Waals surface area (Å²) in [7, 11) is 0. The van der Waals surface area contributed by atoms with Gasteiger partial charge in [-0.2, -0.15) is 0 Å². The lowest BCUT2D eigenvalue weighted by Gasteiger charge is -2.35. The van der Waals surface area contributed by atoms with Crippen molar-refractivity contribution in [1.82, 2.24) is 9.80 Å². The quantitative estimate of drug-likeness (QED) is 0.723. The fraction of sp³-hybridized carbons (Fsp3) is 1.00. The normalized spacial score (nSPS) is 35.8. The van der Waals surface area contributed by atoms with Crippen LogP contribution in [0.1, 0.15) is 65.7 Å². The number of nitrogens with zero attached hydrogens (tertiary/aromatic N) is 2. The van der Waals surface area contributed by atoms with E-state index in [1.165, 1.54) is 58.2 Å².